The van der Waals surface area contributed by atoms with E-state index in [2.05, 4.69) is 0 Å². The Hall–Kier alpha value is -0.610. The van der Waals surface area contributed by atoms with Gasteiger partial charge in [0.1, 0.15) is 0 Å². The first kappa shape index (κ1) is 10.5. The average Bonchev–Trinajstić information content (AvgIpc) is 2.17. The quantitative estimate of drug-likeness (QED) is 0.629. The second kappa shape index (κ2) is 4.58. The van der Waals surface area contributed by atoms with Crippen molar-refractivity contribution in [2.45, 2.75) is 25.8 Å². The van der Waals surface area contributed by atoms with Crippen LogP contribution in [-0.4, -0.2) is 49.2 Å². The Morgan fingerprint density at radius 3 is 2.38 bits per heavy atom. The summed E-state index contributed by atoms with van der Waals surface area (Å²) in [7, 11) is 3.56. The van der Waals surface area contributed by atoms with Crippen LogP contribution in [-0.2, 0) is 9.63 Å². The Balaban J connectivity index is 2.36. The van der Waals surface area contributed by atoms with E-state index in [-0.39, 0.29) is 5.91 Å². The molecule has 4 nitrogen and oxygen atoms in total. The van der Waals surface area contributed by atoms with E-state index >= 15 is 0 Å². The molecule has 0 N–H and O–H groups in total. The highest BCUT2D eigenvalue weighted by Gasteiger charge is 2.23. The zero-order valence-corrected chi connectivity index (χ0v) is 8.62. The molecule has 1 rings (SSSR count). The summed E-state index contributed by atoms with van der Waals surface area (Å²) in [5.74, 6) is 0.149. The number of rotatable bonds is 2. The van der Waals surface area contributed by atoms with Crippen molar-refractivity contribution >= 4 is 5.91 Å². The van der Waals surface area contributed by atoms with Crippen LogP contribution in [0.2, 0.25) is 0 Å². The average molecular weight is 186 g/mol. The van der Waals surface area contributed by atoms with Gasteiger partial charge in [0.15, 0.2) is 0 Å². The number of hydrogen-bond acceptors (Lipinski definition) is 3. The minimum atomic E-state index is 0.149. The predicted molar refractivity (Wildman–Crippen MR) is 50.0 cm³/mol. The summed E-state index contributed by atoms with van der Waals surface area (Å²) in [6.45, 7) is 3.44. The SMILES string of the molecule is CON1CCC(N(C)C(C)=O)CC1. The van der Waals surface area contributed by atoms with Crippen LogP contribution in [0, 0.1) is 0 Å². The lowest BCUT2D eigenvalue weighted by Gasteiger charge is -2.34. The molecular formula is C9H18N2O2. The number of amides is 1. The van der Waals surface area contributed by atoms with Gasteiger partial charge in [-0.15, -0.1) is 0 Å². The monoisotopic (exact) mass is 186 g/mol. The summed E-state index contributed by atoms with van der Waals surface area (Å²) in [6.07, 6.45) is 2.01. The molecule has 76 valence electrons. The molecule has 13 heavy (non-hydrogen) atoms. The van der Waals surface area contributed by atoms with Crippen molar-refractivity contribution in [2.24, 2.45) is 0 Å². The maximum absolute atomic E-state index is 11.1. The van der Waals surface area contributed by atoms with E-state index in [0.717, 1.165) is 25.9 Å². The molecule has 0 unspecified atom stereocenters. The molecule has 1 fully saturated rings. The molecule has 0 spiro atoms. The third kappa shape index (κ3) is 2.67. The molecule has 0 atom stereocenters. The van der Waals surface area contributed by atoms with E-state index in [1.807, 2.05) is 17.0 Å². The largest absolute Gasteiger partial charge is 0.343 e. The highest BCUT2D eigenvalue weighted by atomic mass is 16.7. The maximum atomic E-state index is 11.1. The van der Waals surface area contributed by atoms with Gasteiger partial charge in [-0.3, -0.25) is 4.79 Å². The van der Waals surface area contributed by atoms with Crippen molar-refractivity contribution in [2.75, 3.05) is 27.2 Å². The summed E-state index contributed by atoms with van der Waals surface area (Å²) in [6, 6.07) is 0.392. The lowest BCUT2D eigenvalue weighted by Crippen LogP contribution is -2.44. The minimum Gasteiger partial charge on any atom is -0.343 e. The topological polar surface area (TPSA) is 32.8 Å². The fraction of sp³-hybridized carbons (Fsp3) is 0.889. The first-order valence-electron chi connectivity index (χ1n) is 4.67. The summed E-state index contributed by atoms with van der Waals surface area (Å²) in [4.78, 5) is 18.0. The highest BCUT2D eigenvalue weighted by Crippen LogP contribution is 2.14. The van der Waals surface area contributed by atoms with Gasteiger partial charge in [-0.05, 0) is 12.8 Å². The molecule has 1 aliphatic heterocycles. The van der Waals surface area contributed by atoms with Gasteiger partial charge in [0.25, 0.3) is 0 Å². The van der Waals surface area contributed by atoms with E-state index in [1.54, 1.807) is 14.0 Å². The van der Waals surface area contributed by atoms with Crippen molar-refractivity contribution < 1.29 is 9.63 Å². The van der Waals surface area contributed by atoms with Gasteiger partial charge >= 0.3 is 0 Å². The smallest absolute Gasteiger partial charge is 0.219 e. The third-order valence-electron chi connectivity index (χ3n) is 2.73. The van der Waals surface area contributed by atoms with E-state index in [0.29, 0.717) is 6.04 Å². The number of nitrogens with zero attached hydrogens (tertiary/aromatic N) is 2. The van der Waals surface area contributed by atoms with Gasteiger partial charge in [-0.25, -0.2) is 0 Å². The van der Waals surface area contributed by atoms with Gasteiger partial charge in [0.2, 0.25) is 5.91 Å². The van der Waals surface area contributed by atoms with Crippen LogP contribution in [0.4, 0.5) is 0 Å². The predicted octanol–water partition coefficient (Wildman–Crippen LogP) is 0.490. The van der Waals surface area contributed by atoms with Crippen LogP contribution in [0.25, 0.3) is 0 Å². The Bertz CT molecular complexity index is 176. The Morgan fingerprint density at radius 1 is 1.46 bits per heavy atom. The molecule has 1 amide bonds. The molecule has 1 saturated heterocycles. The fourth-order valence-electron chi connectivity index (χ4n) is 1.67. The van der Waals surface area contributed by atoms with E-state index in [4.69, 9.17) is 4.84 Å². The van der Waals surface area contributed by atoms with Gasteiger partial charge in [0.05, 0.1) is 7.11 Å². The number of carbonyl (C=O) groups excluding carboxylic acids is 1. The van der Waals surface area contributed by atoms with Crippen LogP contribution in [0.3, 0.4) is 0 Å². The summed E-state index contributed by atoms with van der Waals surface area (Å²) < 4.78 is 0. The van der Waals surface area contributed by atoms with Crippen molar-refractivity contribution in [3.05, 3.63) is 0 Å². The number of piperidine rings is 1. The van der Waals surface area contributed by atoms with Crippen LogP contribution < -0.4 is 0 Å². The van der Waals surface area contributed by atoms with Gasteiger partial charge in [-0.1, -0.05) is 0 Å². The number of carbonyl (C=O) groups is 1. The molecule has 0 radical (unpaired) electrons. The lowest BCUT2D eigenvalue weighted by molar-refractivity contribution is -0.154. The summed E-state index contributed by atoms with van der Waals surface area (Å²) in [5, 5.41) is 1.93. The number of hydrogen-bond donors (Lipinski definition) is 0. The van der Waals surface area contributed by atoms with E-state index in [9.17, 15) is 4.79 Å². The maximum Gasteiger partial charge on any atom is 0.219 e. The van der Waals surface area contributed by atoms with Crippen LogP contribution >= 0.6 is 0 Å². The van der Waals surface area contributed by atoms with E-state index in [1.165, 1.54) is 0 Å². The molecule has 4 heteroatoms. The first-order chi connectivity index (χ1) is 6.15. The highest BCUT2D eigenvalue weighted by molar-refractivity contribution is 5.73. The third-order valence-corrected chi connectivity index (χ3v) is 2.73. The van der Waals surface area contributed by atoms with E-state index < -0.39 is 0 Å². The second-order valence-corrected chi connectivity index (χ2v) is 3.47. The Kier molecular flexibility index (Phi) is 3.69. The van der Waals surface area contributed by atoms with Crippen molar-refractivity contribution in [3.8, 4) is 0 Å². The second-order valence-electron chi connectivity index (χ2n) is 3.47. The molecular weight excluding hydrogens is 168 g/mol. The van der Waals surface area contributed by atoms with Gasteiger partial charge < -0.3 is 9.74 Å². The Morgan fingerprint density at radius 2 is 2.00 bits per heavy atom. The number of hydroxylamine groups is 2. The van der Waals surface area contributed by atoms with Crippen LogP contribution in [0.15, 0.2) is 0 Å². The van der Waals surface area contributed by atoms with Gasteiger partial charge in [-0.2, -0.15) is 5.06 Å². The van der Waals surface area contributed by atoms with Crippen LogP contribution in [0.1, 0.15) is 19.8 Å². The summed E-state index contributed by atoms with van der Waals surface area (Å²) in [5.41, 5.74) is 0. The molecule has 0 aromatic carbocycles. The summed E-state index contributed by atoms with van der Waals surface area (Å²) >= 11 is 0. The first-order valence-corrected chi connectivity index (χ1v) is 4.67. The molecule has 0 bridgehead atoms. The molecule has 0 saturated carbocycles. The van der Waals surface area contributed by atoms with Crippen LogP contribution in [0.5, 0.6) is 0 Å². The standard InChI is InChI=1S/C9H18N2O2/c1-8(12)10(2)9-4-6-11(13-3)7-5-9/h9H,4-7H2,1-3H3. The molecule has 0 aliphatic carbocycles. The normalized spacial score (nSPS) is 20.2. The lowest BCUT2D eigenvalue weighted by atomic mass is 10.1. The zero-order valence-electron chi connectivity index (χ0n) is 8.62. The molecule has 1 aliphatic rings. The fourth-order valence-corrected chi connectivity index (χ4v) is 1.67. The minimum absolute atomic E-state index is 0.149. The molecule has 0 aromatic rings. The van der Waals surface area contributed by atoms with Crippen molar-refractivity contribution in [1.29, 1.82) is 0 Å². The zero-order chi connectivity index (χ0) is 9.84. The molecule has 1 heterocycles. The van der Waals surface area contributed by atoms with Crippen molar-refractivity contribution in [1.82, 2.24) is 9.96 Å². The Labute approximate surface area is 79.4 Å². The van der Waals surface area contributed by atoms with Crippen molar-refractivity contribution in [3.63, 3.8) is 0 Å². The van der Waals surface area contributed by atoms with Gasteiger partial charge in [0, 0.05) is 33.1 Å². The molecule has 0 aromatic heterocycles.